The largest absolute Gasteiger partial charge is 0.459 e. The normalized spacial score (nSPS) is 12.5. The lowest BCUT2D eigenvalue weighted by Gasteiger charge is -2.09. The van der Waals surface area contributed by atoms with Gasteiger partial charge in [0.1, 0.15) is 6.61 Å². The number of hydrogen-bond donors (Lipinski definition) is 0. The molecule has 0 aliphatic rings. The van der Waals surface area contributed by atoms with Gasteiger partial charge in [-0.3, -0.25) is 4.79 Å². The van der Waals surface area contributed by atoms with Gasteiger partial charge in [-0.25, -0.2) is 4.79 Å². The van der Waals surface area contributed by atoms with E-state index in [2.05, 4.69) is 4.74 Å². The molecule has 0 saturated heterocycles. The van der Waals surface area contributed by atoms with Gasteiger partial charge >= 0.3 is 11.9 Å². The fourth-order valence-corrected chi connectivity index (χ4v) is 0.641. The molecular formula is C9H14O4. The van der Waals surface area contributed by atoms with Crippen molar-refractivity contribution in [3.8, 4) is 0 Å². The van der Waals surface area contributed by atoms with E-state index in [0.717, 1.165) is 0 Å². The molecule has 0 amide bonds. The second kappa shape index (κ2) is 6.22. The van der Waals surface area contributed by atoms with E-state index >= 15 is 0 Å². The summed E-state index contributed by atoms with van der Waals surface area (Å²) < 4.78 is 9.35. The zero-order chi connectivity index (χ0) is 10.3. The number of hydrogen-bond acceptors (Lipinski definition) is 4. The zero-order valence-corrected chi connectivity index (χ0v) is 8.07. The van der Waals surface area contributed by atoms with Crippen molar-refractivity contribution in [2.45, 2.75) is 26.9 Å². The molecule has 13 heavy (non-hydrogen) atoms. The molecule has 0 N–H and O–H groups in total. The maximum Gasteiger partial charge on any atom is 0.347 e. The Morgan fingerprint density at radius 3 is 2.54 bits per heavy atom. The Morgan fingerprint density at radius 1 is 1.46 bits per heavy atom. The number of carbonyl (C=O) groups is 2. The van der Waals surface area contributed by atoms with Crippen molar-refractivity contribution >= 4 is 11.9 Å². The second-order valence-corrected chi connectivity index (χ2v) is 2.45. The molecule has 4 heteroatoms. The lowest BCUT2D eigenvalue weighted by molar-refractivity contribution is -0.164. The molecule has 0 bridgehead atoms. The molecule has 0 aromatic heterocycles. The van der Waals surface area contributed by atoms with Gasteiger partial charge in [0.25, 0.3) is 0 Å². The highest BCUT2D eigenvalue weighted by Crippen LogP contribution is 1.95. The van der Waals surface area contributed by atoms with Gasteiger partial charge in [-0.15, -0.1) is 0 Å². The quantitative estimate of drug-likeness (QED) is 0.486. The third-order valence-corrected chi connectivity index (χ3v) is 1.23. The van der Waals surface area contributed by atoms with E-state index < -0.39 is 18.0 Å². The van der Waals surface area contributed by atoms with Crippen LogP contribution >= 0.6 is 0 Å². The van der Waals surface area contributed by atoms with E-state index in [-0.39, 0.29) is 6.61 Å². The summed E-state index contributed by atoms with van der Waals surface area (Å²) in [6.07, 6.45) is 2.63. The van der Waals surface area contributed by atoms with Crippen molar-refractivity contribution < 1.29 is 19.1 Å². The first-order valence-corrected chi connectivity index (χ1v) is 4.03. The van der Waals surface area contributed by atoms with Crippen molar-refractivity contribution in [3.63, 3.8) is 0 Å². The smallest absolute Gasteiger partial charge is 0.347 e. The monoisotopic (exact) mass is 186 g/mol. The first-order chi connectivity index (χ1) is 6.07. The van der Waals surface area contributed by atoms with Gasteiger partial charge < -0.3 is 9.47 Å². The van der Waals surface area contributed by atoms with Crippen LogP contribution in [-0.4, -0.2) is 24.6 Å². The lowest BCUT2D eigenvalue weighted by atomic mass is 10.4. The number of rotatable bonds is 4. The highest BCUT2D eigenvalue weighted by Gasteiger charge is 2.16. The molecule has 0 fully saturated rings. The van der Waals surface area contributed by atoms with Crippen LogP contribution in [0.15, 0.2) is 12.2 Å². The lowest BCUT2D eigenvalue weighted by Crippen LogP contribution is -2.25. The van der Waals surface area contributed by atoms with E-state index in [4.69, 9.17) is 4.74 Å². The predicted molar refractivity (Wildman–Crippen MR) is 47.0 cm³/mol. The molecule has 0 aliphatic carbocycles. The van der Waals surface area contributed by atoms with Gasteiger partial charge in [-0.2, -0.15) is 0 Å². The summed E-state index contributed by atoms with van der Waals surface area (Å²) in [6.45, 7) is 4.75. The summed E-state index contributed by atoms with van der Waals surface area (Å²) in [6, 6.07) is 0. The Balaban J connectivity index is 3.75. The van der Waals surface area contributed by atoms with Crippen LogP contribution in [-0.2, 0) is 19.1 Å². The maximum absolute atomic E-state index is 11.0. The molecule has 0 radical (unpaired) electrons. The Hall–Kier alpha value is -1.32. The third-order valence-electron chi connectivity index (χ3n) is 1.23. The summed E-state index contributed by atoms with van der Waals surface area (Å²) in [5, 5.41) is 0. The molecule has 1 atom stereocenters. The summed E-state index contributed by atoms with van der Waals surface area (Å²) in [5.74, 6) is -1.02. The molecule has 4 nitrogen and oxygen atoms in total. The summed E-state index contributed by atoms with van der Waals surface area (Å²) in [4.78, 5) is 21.5. The van der Waals surface area contributed by atoms with Gasteiger partial charge in [0.05, 0.1) is 0 Å². The minimum Gasteiger partial charge on any atom is -0.459 e. The van der Waals surface area contributed by atoms with Gasteiger partial charge in [-0.1, -0.05) is 12.2 Å². The number of ether oxygens (including phenoxy) is 2. The van der Waals surface area contributed by atoms with Crippen molar-refractivity contribution in [3.05, 3.63) is 12.2 Å². The van der Waals surface area contributed by atoms with Crippen LogP contribution in [0.3, 0.4) is 0 Å². The average Bonchev–Trinajstić information content (AvgIpc) is 2.03. The molecule has 0 spiro atoms. The molecule has 0 heterocycles. The second-order valence-electron chi connectivity index (χ2n) is 2.45. The first kappa shape index (κ1) is 11.7. The Bertz CT molecular complexity index is 208. The average molecular weight is 186 g/mol. The van der Waals surface area contributed by atoms with Crippen LogP contribution in [0.25, 0.3) is 0 Å². The summed E-state index contributed by atoms with van der Waals surface area (Å²) in [5.41, 5.74) is 0. The first-order valence-electron chi connectivity index (χ1n) is 4.03. The minimum absolute atomic E-state index is 0.209. The van der Waals surface area contributed by atoms with Crippen LogP contribution < -0.4 is 0 Å². The summed E-state index contributed by atoms with van der Waals surface area (Å²) in [7, 11) is 0. The minimum atomic E-state index is -0.831. The van der Waals surface area contributed by atoms with E-state index in [1.807, 2.05) is 6.92 Å². The number of carbonyl (C=O) groups excluding carboxylic acids is 2. The highest BCUT2D eigenvalue weighted by molar-refractivity contribution is 5.78. The number of esters is 2. The van der Waals surface area contributed by atoms with Crippen LogP contribution in [0, 0.1) is 0 Å². The molecule has 0 aliphatic heterocycles. The molecule has 0 aromatic carbocycles. The molecular weight excluding hydrogens is 172 g/mol. The predicted octanol–water partition coefficient (Wildman–Crippen LogP) is 1.06. The fourth-order valence-electron chi connectivity index (χ4n) is 0.641. The Morgan fingerprint density at radius 2 is 2.08 bits per heavy atom. The maximum atomic E-state index is 11.0. The number of allylic oxidation sites excluding steroid dienone is 1. The van der Waals surface area contributed by atoms with E-state index in [9.17, 15) is 9.59 Å². The van der Waals surface area contributed by atoms with Crippen molar-refractivity contribution in [2.24, 2.45) is 0 Å². The highest BCUT2D eigenvalue weighted by atomic mass is 16.6. The van der Waals surface area contributed by atoms with E-state index in [0.29, 0.717) is 0 Å². The fraction of sp³-hybridized carbons (Fsp3) is 0.556. The van der Waals surface area contributed by atoms with Gasteiger partial charge in [-0.05, 0) is 13.8 Å². The van der Waals surface area contributed by atoms with E-state index in [1.54, 1.807) is 12.2 Å². The van der Waals surface area contributed by atoms with Crippen molar-refractivity contribution in [2.75, 3.05) is 6.61 Å². The van der Waals surface area contributed by atoms with Crippen LogP contribution in [0.5, 0.6) is 0 Å². The molecule has 0 saturated carbocycles. The molecule has 74 valence electrons. The molecule has 0 rings (SSSR count). The zero-order valence-electron chi connectivity index (χ0n) is 8.07. The summed E-state index contributed by atoms with van der Waals surface area (Å²) >= 11 is 0. The molecule has 1 unspecified atom stereocenters. The topological polar surface area (TPSA) is 52.6 Å². The Kier molecular flexibility index (Phi) is 5.59. The van der Waals surface area contributed by atoms with Crippen LogP contribution in [0.2, 0.25) is 0 Å². The van der Waals surface area contributed by atoms with Crippen LogP contribution in [0.1, 0.15) is 20.8 Å². The van der Waals surface area contributed by atoms with Crippen molar-refractivity contribution in [1.29, 1.82) is 0 Å². The van der Waals surface area contributed by atoms with Crippen LogP contribution in [0.4, 0.5) is 0 Å². The van der Waals surface area contributed by atoms with Crippen molar-refractivity contribution in [1.82, 2.24) is 0 Å². The SMILES string of the molecule is C/C=C/COC(=O)C(C)OC(C)=O. The van der Waals surface area contributed by atoms with Gasteiger partial charge in [0.2, 0.25) is 0 Å². The standard InChI is InChI=1S/C9H14O4/c1-4-5-6-12-9(11)7(2)13-8(3)10/h4-5,7H,6H2,1-3H3/b5-4+. The third kappa shape index (κ3) is 5.90. The van der Waals surface area contributed by atoms with Gasteiger partial charge in [0, 0.05) is 6.92 Å². The van der Waals surface area contributed by atoms with E-state index in [1.165, 1.54) is 13.8 Å². The van der Waals surface area contributed by atoms with Gasteiger partial charge in [0.15, 0.2) is 6.10 Å². The molecule has 0 aromatic rings. The Labute approximate surface area is 77.5 Å².